The van der Waals surface area contributed by atoms with Crippen LogP contribution in [0.25, 0.3) is 11.3 Å². The quantitative estimate of drug-likeness (QED) is 0.384. The molecule has 0 spiro atoms. The predicted octanol–water partition coefficient (Wildman–Crippen LogP) is 5.89. The van der Waals surface area contributed by atoms with E-state index < -0.39 is 0 Å². The molecule has 0 saturated carbocycles. The first-order chi connectivity index (χ1) is 15.4. The molecule has 32 heavy (non-hydrogen) atoms. The maximum Gasteiger partial charge on any atom is 0.262 e. The molecule has 0 atom stereocenters. The molecule has 6 nitrogen and oxygen atoms in total. The number of methoxy groups -OCH3 is 1. The number of carbonyl (C=O) groups excluding carboxylic acids is 1. The summed E-state index contributed by atoms with van der Waals surface area (Å²) >= 11 is 7.88. The molecule has 4 aromatic rings. The average Bonchev–Trinajstić information content (AvgIpc) is 3.33. The van der Waals surface area contributed by atoms with Gasteiger partial charge in [0.25, 0.3) is 5.91 Å². The third kappa shape index (κ3) is 4.54. The summed E-state index contributed by atoms with van der Waals surface area (Å²) in [6, 6.07) is 14.0. The fourth-order valence-electron chi connectivity index (χ4n) is 3.42. The van der Waals surface area contributed by atoms with Crippen molar-refractivity contribution in [2.75, 3.05) is 12.4 Å². The van der Waals surface area contributed by atoms with E-state index in [1.54, 1.807) is 18.7 Å². The molecule has 0 aliphatic heterocycles. The van der Waals surface area contributed by atoms with Crippen LogP contribution in [-0.4, -0.2) is 27.8 Å². The first-order valence-electron chi connectivity index (χ1n) is 10.1. The molecule has 8 heteroatoms. The van der Waals surface area contributed by atoms with Gasteiger partial charge in [-0.3, -0.25) is 10.1 Å². The summed E-state index contributed by atoms with van der Waals surface area (Å²) in [5.74, 6) is 0.398. The number of carbonyl (C=O) groups is 1. The number of aromatic nitrogens is 3. The van der Waals surface area contributed by atoms with Gasteiger partial charge < -0.3 is 4.74 Å². The Morgan fingerprint density at radius 1 is 1.12 bits per heavy atom. The van der Waals surface area contributed by atoms with Crippen LogP contribution in [-0.2, 0) is 6.54 Å². The SMILES string of the molecule is COc1ccc(C)cc1-c1csc(NC(=O)c2c(C)nn(Cc3ccc(C)cc3)c2Cl)n1. The lowest BCUT2D eigenvalue weighted by atomic mass is 10.1. The standard InChI is InChI=1S/C24H23ClN4O2S/c1-14-5-8-17(9-6-14)12-29-22(25)21(16(3)28-29)23(30)27-24-26-19(13-32-24)18-11-15(2)7-10-20(18)31-4/h5-11,13H,12H2,1-4H3,(H,26,27,30). The lowest BCUT2D eigenvalue weighted by Crippen LogP contribution is -2.13. The van der Waals surface area contributed by atoms with Crippen LogP contribution in [0.15, 0.2) is 47.8 Å². The Labute approximate surface area is 195 Å². The van der Waals surface area contributed by atoms with Crippen LogP contribution in [0.4, 0.5) is 5.13 Å². The van der Waals surface area contributed by atoms with Crippen LogP contribution in [0, 0.1) is 20.8 Å². The molecule has 164 valence electrons. The summed E-state index contributed by atoms with van der Waals surface area (Å²) in [6.45, 7) is 6.31. The van der Waals surface area contributed by atoms with Crippen LogP contribution >= 0.6 is 22.9 Å². The van der Waals surface area contributed by atoms with Gasteiger partial charge in [-0.1, -0.05) is 53.1 Å². The highest BCUT2D eigenvalue weighted by atomic mass is 35.5. The Kier molecular flexibility index (Phi) is 6.30. The molecule has 0 aliphatic carbocycles. The van der Waals surface area contributed by atoms with Gasteiger partial charge in [0.2, 0.25) is 0 Å². The molecule has 2 aromatic carbocycles. The minimum absolute atomic E-state index is 0.303. The van der Waals surface area contributed by atoms with Crippen molar-refractivity contribution in [1.82, 2.24) is 14.8 Å². The third-order valence-corrected chi connectivity index (χ3v) is 6.24. The van der Waals surface area contributed by atoms with Gasteiger partial charge in [0.05, 0.1) is 30.6 Å². The number of anilines is 1. The Morgan fingerprint density at radius 3 is 2.56 bits per heavy atom. The molecule has 2 heterocycles. The number of thiazole rings is 1. The van der Waals surface area contributed by atoms with Crippen LogP contribution in [0.3, 0.4) is 0 Å². The maximum atomic E-state index is 13.0. The lowest BCUT2D eigenvalue weighted by Gasteiger charge is -2.07. The zero-order chi connectivity index (χ0) is 22.8. The molecule has 0 radical (unpaired) electrons. The Bertz CT molecular complexity index is 1280. The van der Waals surface area contributed by atoms with Crippen molar-refractivity contribution in [3.8, 4) is 17.0 Å². The van der Waals surface area contributed by atoms with Gasteiger partial charge in [-0.25, -0.2) is 9.67 Å². The molecule has 1 amide bonds. The molecule has 4 rings (SSSR count). The summed E-state index contributed by atoms with van der Waals surface area (Å²) in [6.07, 6.45) is 0. The van der Waals surface area contributed by atoms with Gasteiger partial charge in [0.15, 0.2) is 5.13 Å². The Morgan fingerprint density at radius 2 is 1.84 bits per heavy atom. The predicted molar refractivity (Wildman–Crippen MR) is 129 cm³/mol. The fraction of sp³-hybridized carbons (Fsp3) is 0.208. The molecule has 0 saturated heterocycles. The largest absolute Gasteiger partial charge is 0.496 e. The maximum absolute atomic E-state index is 13.0. The zero-order valence-electron chi connectivity index (χ0n) is 18.3. The molecule has 1 N–H and O–H groups in total. The number of aryl methyl sites for hydroxylation is 3. The van der Waals surface area contributed by atoms with E-state index >= 15 is 0 Å². The zero-order valence-corrected chi connectivity index (χ0v) is 19.8. The van der Waals surface area contributed by atoms with E-state index in [9.17, 15) is 4.79 Å². The highest BCUT2D eigenvalue weighted by Gasteiger charge is 2.22. The van der Waals surface area contributed by atoms with E-state index in [1.165, 1.54) is 16.9 Å². The number of nitrogens with one attached hydrogen (secondary N) is 1. The van der Waals surface area contributed by atoms with E-state index in [0.29, 0.717) is 28.1 Å². The average molecular weight is 467 g/mol. The topological polar surface area (TPSA) is 69.0 Å². The smallest absolute Gasteiger partial charge is 0.262 e. The summed E-state index contributed by atoms with van der Waals surface area (Å²) in [5.41, 5.74) is 5.88. The Hall–Kier alpha value is -3.16. The first-order valence-corrected chi connectivity index (χ1v) is 11.3. The highest BCUT2D eigenvalue weighted by Crippen LogP contribution is 2.33. The number of amides is 1. The van der Waals surface area contributed by atoms with Gasteiger partial charge >= 0.3 is 0 Å². The monoisotopic (exact) mass is 466 g/mol. The van der Waals surface area contributed by atoms with Crippen LogP contribution in [0.2, 0.25) is 5.15 Å². The minimum Gasteiger partial charge on any atom is -0.496 e. The first kappa shape index (κ1) is 22.0. The van der Waals surface area contributed by atoms with Crippen LogP contribution < -0.4 is 10.1 Å². The van der Waals surface area contributed by atoms with E-state index in [-0.39, 0.29) is 5.91 Å². The number of nitrogens with zero attached hydrogens (tertiary/aromatic N) is 3. The number of hydrogen-bond donors (Lipinski definition) is 1. The van der Waals surface area contributed by atoms with Gasteiger partial charge in [-0.2, -0.15) is 5.10 Å². The summed E-state index contributed by atoms with van der Waals surface area (Å²) in [7, 11) is 1.63. The van der Waals surface area contributed by atoms with Crippen molar-refractivity contribution < 1.29 is 9.53 Å². The second kappa shape index (κ2) is 9.14. The van der Waals surface area contributed by atoms with Crippen LogP contribution in [0.5, 0.6) is 5.75 Å². The second-order valence-electron chi connectivity index (χ2n) is 7.59. The third-order valence-electron chi connectivity index (χ3n) is 5.10. The van der Waals surface area contributed by atoms with Crippen molar-refractivity contribution in [2.45, 2.75) is 27.3 Å². The molecular weight excluding hydrogens is 444 g/mol. The van der Waals surface area contributed by atoms with E-state index in [0.717, 1.165) is 28.1 Å². The van der Waals surface area contributed by atoms with Gasteiger partial charge in [0.1, 0.15) is 10.9 Å². The Balaban J connectivity index is 1.55. The van der Waals surface area contributed by atoms with Gasteiger partial charge in [0, 0.05) is 10.9 Å². The van der Waals surface area contributed by atoms with E-state index in [2.05, 4.69) is 15.4 Å². The van der Waals surface area contributed by atoms with Gasteiger partial charge in [-0.05, 0) is 38.5 Å². The molecular formula is C24H23ClN4O2S. The lowest BCUT2D eigenvalue weighted by molar-refractivity contribution is 0.102. The molecule has 0 fully saturated rings. The number of ether oxygens (including phenoxy) is 1. The van der Waals surface area contributed by atoms with Gasteiger partial charge in [-0.15, -0.1) is 11.3 Å². The van der Waals surface area contributed by atoms with Crippen molar-refractivity contribution in [3.05, 3.63) is 80.9 Å². The van der Waals surface area contributed by atoms with E-state index in [1.807, 2.05) is 61.7 Å². The molecule has 0 unspecified atom stereocenters. The summed E-state index contributed by atoms with van der Waals surface area (Å²) in [4.78, 5) is 17.6. The fourth-order valence-corrected chi connectivity index (χ4v) is 4.44. The molecule has 2 aromatic heterocycles. The minimum atomic E-state index is -0.334. The summed E-state index contributed by atoms with van der Waals surface area (Å²) in [5, 5.41) is 10.00. The molecule has 0 aliphatic rings. The highest BCUT2D eigenvalue weighted by molar-refractivity contribution is 7.14. The second-order valence-corrected chi connectivity index (χ2v) is 8.81. The number of benzene rings is 2. The number of hydrogen-bond acceptors (Lipinski definition) is 5. The molecule has 0 bridgehead atoms. The number of rotatable bonds is 6. The van der Waals surface area contributed by atoms with Crippen molar-refractivity contribution >= 4 is 34.0 Å². The van der Waals surface area contributed by atoms with Crippen molar-refractivity contribution in [1.29, 1.82) is 0 Å². The van der Waals surface area contributed by atoms with E-state index in [4.69, 9.17) is 16.3 Å². The van der Waals surface area contributed by atoms with Crippen molar-refractivity contribution in [3.63, 3.8) is 0 Å². The number of halogens is 1. The normalized spacial score (nSPS) is 10.9. The van der Waals surface area contributed by atoms with Crippen LogP contribution in [0.1, 0.15) is 32.7 Å². The van der Waals surface area contributed by atoms with Crippen molar-refractivity contribution in [2.24, 2.45) is 0 Å². The summed E-state index contributed by atoms with van der Waals surface area (Å²) < 4.78 is 7.09.